The van der Waals surface area contributed by atoms with Crippen molar-refractivity contribution >= 4 is 5.69 Å². The molecule has 3 rings (SSSR count). The molecule has 0 amide bonds. The second-order valence-electron chi connectivity index (χ2n) is 7.16. The largest absolute Gasteiger partial charge is 0.493 e. The zero-order valence-electron chi connectivity index (χ0n) is 18.1. The molecule has 0 fully saturated rings. The predicted octanol–water partition coefficient (Wildman–Crippen LogP) is 2.74. The second kappa shape index (κ2) is 9.65. The van der Waals surface area contributed by atoms with Crippen LogP contribution in [0.2, 0.25) is 0 Å². The molecule has 2 N–H and O–H groups in total. The van der Waals surface area contributed by atoms with E-state index in [1.165, 1.54) is 18.2 Å². The zero-order valence-corrected chi connectivity index (χ0v) is 18.1. The van der Waals surface area contributed by atoms with E-state index in [4.69, 9.17) is 19.3 Å². The number of ether oxygens (including phenoxy) is 3. The molecule has 0 heterocycles. The first kappa shape index (κ1) is 22.4. The minimum absolute atomic E-state index is 0.105. The molecule has 9 nitrogen and oxygen atoms in total. The molecule has 1 atom stereocenters. The summed E-state index contributed by atoms with van der Waals surface area (Å²) in [5.74, 6) is 1.47. The average molecular weight is 429 g/mol. The quantitative estimate of drug-likeness (QED) is 0.487. The molecule has 1 aliphatic carbocycles. The highest BCUT2D eigenvalue weighted by molar-refractivity contribution is 5.83. The minimum Gasteiger partial charge on any atom is -0.493 e. The number of aliphatic hydroxyl groups excluding tert-OH is 1. The van der Waals surface area contributed by atoms with Crippen molar-refractivity contribution in [2.75, 3.05) is 46.8 Å². The van der Waals surface area contributed by atoms with Crippen LogP contribution in [0.4, 0.5) is 5.69 Å². The fourth-order valence-corrected chi connectivity index (χ4v) is 4.07. The molecular weight excluding hydrogens is 402 g/mol. The van der Waals surface area contributed by atoms with Gasteiger partial charge >= 0.3 is 0 Å². The number of hydrogen-bond donors (Lipinski definition) is 2. The number of methoxy groups -OCH3 is 3. The van der Waals surface area contributed by atoms with Gasteiger partial charge in [0.15, 0.2) is 11.5 Å². The van der Waals surface area contributed by atoms with Crippen molar-refractivity contribution in [1.82, 2.24) is 5.01 Å². The highest BCUT2D eigenvalue weighted by Crippen LogP contribution is 2.50. The molecule has 0 unspecified atom stereocenters. The Kier molecular flexibility index (Phi) is 6.96. The number of hydrogen-bond acceptors (Lipinski definition) is 8. The summed E-state index contributed by atoms with van der Waals surface area (Å²) in [5, 5.41) is 16.5. The van der Waals surface area contributed by atoms with E-state index in [1.807, 2.05) is 12.1 Å². The highest BCUT2D eigenvalue weighted by Gasteiger charge is 2.30. The van der Waals surface area contributed by atoms with Crippen LogP contribution in [0.5, 0.6) is 17.2 Å². The van der Waals surface area contributed by atoms with Crippen molar-refractivity contribution in [2.24, 2.45) is 5.29 Å². The summed E-state index contributed by atoms with van der Waals surface area (Å²) in [5.41, 5.74) is 3.22. The van der Waals surface area contributed by atoms with E-state index >= 15 is 0 Å². The van der Waals surface area contributed by atoms with Crippen LogP contribution >= 0.6 is 0 Å². The highest BCUT2D eigenvalue weighted by atomic mass is 16.5. The maximum absolute atomic E-state index is 12.9. The van der Waals surface area contributed by atoms with Gasteiger partial charge in [0.05, 0.1) is 45.0 Å². The van der Waals surface area contributed by atoms with Crippen LogP contribution in [0.3, 0.4) is 0 Å². The van der Waals surface area contributed by atoms with Gasteiger partial charge in [-0.2, -0.15) is 0 Å². The fourth-order valence-electron chi connectivity index (χ4n) is 4.07. The lowest BCUT2D eigenvalue weighted by molar-refractivity contribution is 0.242. The van der Waals surface area contributed by atoms with Gasteiger partial charge in [-0.25, -0.2) is 0 Å². The number of aryl methyl sites for hydroxylation is 1. The average Bonchev–Trinajstić information content (AvgIpc) is 3.03. The third-order valence-corrected chi connectivity index (χ3v) is 5.51. The Morgan fingerprint density at radius 2 is 1.90 bits per heavy atom. The molecule has 0 radical (unpaired) electrons. The smallest absolute Gasteiger partial charge is 0.203 e. The molecule has 166 valence electrons. The predicted molar refractivity (Wildman–Crippen MR) is 118 cm³/mol. The van der Waals surface area contributed by atoms with Gasteiger partial charge < -0.3 is 24.6 Å². The van der Waals surface area contributed by atoms with Gasteiger partial charge in [0, 0.05) is 19.2 Å². The van der Waals surface area contributed by atoms with Crippen LogP contribution in [-0.4, -0.2) is 51.6 Å². The summed E-state index contributed by atoms with van der Waals surface area (Å²) in [7, 11) is 6.24. The van der Waals surface area contributed by atoms with E-state index in [0.717, 1.165) is 16.7 Å². The van der Waals surface area contributed by atoms with E-state index < -0.39 is 6.04 Å². The lowest BCUT2D eigenvalue weighted by Gasteiger charge is -2.22. The first-order valence-electron chi connectivity index (χ1n) is 9.91. The Labute approximate surface area is 180 Å². The molecule has 31 heavy (non-hydrogen) atoms. The lowest BCUT2D eigenvalue weighted by Crippen LogP contribution is -2.20. The van der Waals surface area contributed by atoms with Gasteiger partial charge in [0.25, 0.3) is 0 Å². The summed E-state index contributed by atoms with van der Waals surface area (Å²) in [4.78, 5) is 24.3. The standard InChI is InChI=1S/C22H27N3O6/c1-25(24-28)17-8-5-13-11-19(29-2)21(30-3)22(31-4)20(13)14-6-7-16(23-9-10-26)18(27)12-15(14)17/h6-7,11-12,17,26H,5,8-10H2,1-4H3,(H,23,27)/t17-/m0/s1. The summed E-state index contributed by atoms with van der Waals surface area (Å²) < 4.78 is 16.8. The van der Waals surface area contributed by atoms with Crippen LogP contribution in [0.1, 0.15) is 23.6 Å². The van der Waals surface area contributed by atoms with Gasteiger partial charge in [-0.15, -0.1) is 4.91 Å². The number of aliphatic hydroxyl groups is 1. The Bertz CT molecular complexity index is 1030. The number of anilines is 1. The third-order valence-electron chi connectivity index (χ3n) is 5.51. The summed E-state index contributed by atoms with van der Waals surface area (Å²) in [6.07, 6.45) is 1.17. The van der Waals surface area contributed by atoms with Crippen LogP contribution < -0.4 is 25.0 Å². The SMILES string of the molecule is COc1cc2c(c(OC)c1OC)-c1ccc(NCCO)c(=O)cc1[C@@H](N(C)N=O)CC2. The monoisotopic (exact) mass is 429 g/mol. The zero-order chi connectivity index (χ0) is 22.5. The molecular formula is C22H27N3O6. The van der Waals surface area contributed by atoms with Gasteiger partial charge in [-0.1, -0.05) is 6.07 Å². The molecule has 0 aromatic heterocycles. The molecule has 9 heteroatoms. The fraction of sp³-hybridized carbons (Fsp3) is 0.409. The number of nitrogens with zero attached hydrogens (tertiary/aromatic N) is 2. The number of rotatable bonds is 8. The topological polar surface area (TPSA) is 110 Å². The van der Waals surface area contributed by atoms with E-state index in [1.54, 1.807) is 27.3 Å². The van der Waals surface area contributed by atoms with E-state index in [9.17, 15) is 9.70 Å². The second-order valence-corrected chi connectivity index (χ2v) is 7.16. The number of nitrogens with one attached hydrogen (secondary N) is 1. The molecule has 2 aromatic carbocycles. The van der Waals surface area contributed by atoms with Crippen molar-refractivity contribution in [3.8, 4) is 28.4 Å². The molecule has 0 aliphatic heterocycles. The lowest BCUT2D eigenvalue weighted by atomic mass is 9.95. The third kappa shape index (κ3) is 4.13. The molecule has 0 saturated heterocycles. The molecule has 2 aromatic rings. The van der Waals surface area contributed by atoms with E-state index in [-0.39, 0.29) is 18.6 Å². The Morgan fingerprint density at radius 3 is 2.52 bits per heavy atom. The Hall–Kier alpha value is -3.33. The molecule has 0 spiro atoms. The summed E-state index contributed by atoms with van der Waals surface area (Å²) >= 11 is 0. The molecule has 0 bridgehead atoms. The van der Waals surface area contributed by atoms with Crippen molar-refractivity contribution < 1.29 is 19.3 Å². The normalized spacial score (nSPS) is 14.5. The number of fused-ring (bicyclic) bond motifs is 3. The first-order valence-corrected chi connectivity index (χ1v) is 9.91. The van der Waals surface area contributed by atoms with Gasteiger partial charge in [0.1, 0.15) is 0 Å². The van der Waals surface area contributed by atoms with Crippen molar-refractivity contribution in [3.05, 3.63) is 50.5 Å². The number of nitroso groups, excluding NO2 is 1. The molecule has 1 aliphatic rings. The van der Waals surface area contributed by atoms with Crippen molar-refractivity contribution in [2.45, 2.75) is 18.9 Å². The number of benzene rings is 1. The van der Waals surface area contributed by atoms with Crippen LogP contribution in [0.15, 0.2) is 34.3 Å². The van der Waals surface area contributed by atoms with Crippen molar-refractivity contribution in [1.29, 1.82) is 0 Å². The summed E-state index contributed by atoms with van der Waals surface area (Å²) in [6.45, 7) is 0.139. The minimum atomic E-state index is -0.410. The Balaban J connectivity index is 2.39. The first-order chi connectivity index (χ1) is 15.0. The molecule has 0 saturated carbocycles. The van der Waals surface area contributed by atoms with Crippen LogP contribution in [-0.2, 0) is 6.42 Å². The maximum atomic E-state index is 12.9. The maximum Gasteiger partial charge on any atom is 0.203 e. The van der Waals surface area contributed by atoms with Crippen LogP contribution in [0, 0.1) is 4.91 Å². The van der Waals surface area contributed by atoms with Gasteiger partial charge in [-0.05, 0) is 47.7 Å². The van der Waals surface area contributed by atoms with Gasteiger partial charge in [-0.3, -0.25) is 9.80 Å². The van der Waals surface area contributed by atoms with Crippen molar-refractivity contribution in [3.63, 3.8) is 0 Å². The van der Waals surface area contributed by atoms with Gasteiger partial charge in [0.2, 0.25) is 11.2 Å². The Morgan fingerprint density at radius 1 is 1.16 bits per heavy atom. The van der Waals surface area contributed by atoms with E-state index in [2.05, 4.69) is 10.6 Å². The summed E-state index contributed by atoms with van der Waals surface area (Å²) in [6, 6.07) is 6.50. The van der Waals surface area contributed by atoms with Crippen LogP contribution in [0.25, 0.3) is 11.1 Å². The van der Waals surface area contributed by atoms with E-state index in [0.29, 0.717) is 41.3 Å².